The van der Waals surface area contributed by atoms with Gasteiger partial charge in [-0.15, -0.1) is 0 Å². The first-order chi connectivity index (χ1) is 8.02. The average Bonchev–Trinajstić information content (AvgIpc) is 2.72. The van der Waals surface area contributed by atoms with Gasteiger partial charge in [-0.3, -0.25) is 4.79 Å². The summed E-state index contributed by atoms with van der Waals surface area (Å²) in [6.07, 6.45) is 1.20. The van der Waals surface area contributed by atoms with Gasteiger partial charge in [-0.2, -0.15) is 0 Å². The maximum atomic E-state index is 11.6. The molecule has 0 spiro atoms. The highest BCUT2D eigenvalue weighted by molar-refractivity contribution is 5.83. The second-order valence-corrected chi connectivity index (χ2v) is 3.90. The first-order valence-electron chi connectivity index (χ1n) is 5.54. The highest BCUT2D eigenvalue weighted by Crippen LogP contribution is 2.16. The summed E-state index contributed by atoms with van der Waals surface area (Å²) in [6, 6.07) is -1.11. The molecular formula is C10H17N3O4. The van der Waals surface area contributed by atoms with Gasteiger partial charge < -0.3 is 20.6 Å². The Morgan fingerprint density at radius 3 is 2.53 bits per heavy atom. The lowest BCUT2D eigenvalue weighted by Crippen LogP contribution is -2.47. The van der Waals surface area contributed by atoms with Crippen molar-refractivity contribution in [3.05, 3.63) is 0 Å². The van der Waals surface area contributed by atoms with Crippen molar-refractivity contribution in [1.29, 1.82) is 0 Å². The van der Waals surface area contributed by atoms with Gasteiger partial charge in [0.25, 0.3) is 0 Å². The molecule has 96 valence electrons. The molecule has 1 atom stereocenters. The van der Waals surface area contributed by atoms with Crippen LogP contribution < -0.4 is 10.6 Å². The number of nitrogens with one attached hydrogen (secondary N) is 2. The van der Waals surface area contributed by atoms with E-state index >= 15 is 0 Å². The lowest BCUT2D eigenvalue weighted by Gasteiger charge is -2.21. The summed E-state index contributed by atoms with van der Waals surface area (Å²) < 4.78 is 0. The second-order valence-electron chi connectivity index (χ2n) is 3.90. The Kier molecular flexibility index (Phi) is 4.74. The summed E-state index contributed by atoms with van der Waals surface area (Å²) in [5.41, 5.74) is 0. The van der Waals surface area contributed by atoms with Crippen LogP contribution in [0.25, 0.3) is 0 Å². The number of carbonyl (C=O) groups excluding carboxylic acids is 2. The normalized spacial score (nSPS) is 18.9. The van der Waals surface area contributed by atoms with E-state index < -0.39 is 12.0 Å². The molecule has 1 saturated heterocycles. The van der Waals surface area contributed by atoms with E-state index in [-0.39, 0.29) is 11.9 Å². The molecule has 7 heteroatoms. The maximum absolute atomic E-state index is 11.6. The molecule has 3 amide bonds. The molecule has 1 rings (SSSR count). The number of carboxylic acid groups (broad SMARTS) is 1. The Labute approximate surface area is 99.2 Å². The number of amides is 3. The maximum Gasteiger partial charge on any atom is 0.326 e. The number of hydrogen-bond donors (Lipinski definition) is 3. The molecule has 1 aliphatic heterocycles. The van der Waals surface area contributed by atoms with Crippen LogP contribution in [0.15, 0.2) is 0 Å². The third kappa shape index (κ3) is 3.93. The van der Waals surface area contributed by atoms with Crippen LogP contribution in [0.2, 0.25) is 0 Å². The third-order valence-corrected chi connectivity index (χ3v) is 2.57. The van der Waals surface area contributed by atoms with Gasteiger partial charge in [0.1, 0.15) is 6.04 Å². The molecule has 7 nitrogen and oxygen atoms in total. The second kappa shape index (κ2) is 6.07. The molecule has 17 heavy (non-hydrogen) atoms. The van der Waals surface area contributed by atoms with Crippen molar-refractivity contribution in [3.8, 4) is 0 Å². The summed E-state index contributed by atoms with van der Waals surface area (Å²) in [6.45, 7) is 2.49. The van der Waals surface area contributed by atoms with Gasteiger partial charge in [-0.05, 0) is 12.8 Å². The van der Waals surface area contributed by atoms with Gasteiger partial charge in [0.2, 0.25) is 5.91 Å². The Bertz CT molecular complexity index is 319. The summed E-state index contributed by atoms with van der Waals surface area (Å²) in [7, 11) is 0. The molecule has 0 aromatic rings. The predicted octanol–water partition coefficient (Wildman–Crippen LogP) is -0.619. The molecule has 0 saturated carbocycles. The van der Waals surface area contributed by atoms with Crippen molar-refractivity contribution in [2.24, 2.45) is 0 Å². The first kappa shape index (κ1) is 13.3. The highest BCUT2D eigenvalue weighted by atomic mass is 16.4. The van der Waals surface area contributed by atoms with Crippen LogP contribution in [0.5, 0.6) is 0 Å². The molecule has 0 aliphatic carbocycles. The molecule has 0 unspecified atom stereocenters. The van der Waals surface area contributed by atoms with Crippen molar-refractivity contribution in [2.75, 3.05) is 19.6 Å². The Balaban J connectivity index is 2.32. The van der Waals surface area contributed by atoms with Gasteiger partial charge in [0, 0.05) is 26.6 Å². The van der Waals surface area contributed by atoms with Crippen LogP contribution in [0, 0.1) is 0 Å². The molecule has 1 heterocycles. The van der Waals surface area contributed by atoms with Crippen molar-refractivity contribution in [1.82, 2.24) is 15.5 Å². The topological polar surface area (TPSA) is 98.7 Å². The number of carboxylic acids is 1. The average molecular weight is 243 g/mol. The van der Waals surface area contributed by atoms with E-state index in [9.17, 15) is 14.4 Å². The lowest BCUT2D eigenvalue weighted by atomic mass is 10.2. The molecule has 0 bridgehead atoms. The lowest BCUT2D eigenvalue weighted by molar-refractivity contribution is -0.141. The van der Waals surface area contributed by atoms with E-state index in [2.05, 4.69) is 10.6 Å². The zero-order valence-electron chi connectivity index (χ0n) is 9.73. The number of likely N-dealkylation sites (tertiary alicyclic amines) is 1. The van der Waals surface area contributed by atoms with Gasteiger partial charge in [-0.1, -0.05) is 0 Å². The van der Waals surface area contributed by atoms with Gasteiger partial charge >= 0.3 is 12.0 Å². The van der Waals surface area contributed by atoms with Crippen LogP contribution in [0.3, 0.4) is 0 Å². The zero-order chi connectivity index (χ0) is 12.8. The van der Waals surface area contributed by atoms with Crippen LogP contribution in [-0.4, -0.2) is 53.6 Å². The molecule has 0 aromatic carbocycles. The van der Waals surface area contributed by atoms with E-state index in [0.29, 0.717) is 32.5 Å². The van der Waals surface area contributed by atoms with Crippen LogP contribution in [0.1, 0.15) is 19.8 Å². The van der Waals surface area contributed by atoms with Gasteiger partial charge in [0.05, 0.1) is 0 Å². The van der Waals surface area contributed by atoms with Crippen molar-refractivity contribution < 1.29 is 19.5 Å². The fourth-order valence-electron chi connectivity index (χ4n) is 1.78. The smallest absolute Gasteiger partial charge is 0.326 e. The quantitative estimate of drug-likeness (QED) is 0.573. The fraction of sp³-hybridized carbons (Fsp3) is 0.700. The largest absolute Gasteiger partial charge is 0.480 e. The first-order valence-corrected chi connectivity index (χ1v) is 5.54. The molecule has 0 aromatic heterocycles. The third-order valence-electron chi connectivity index (χ3n) is 2.57. The molecule has 1 aliphatic rings. The fourth-order valence-corrected chi connectivity index (χ4v) is 1.78. The van der Waals surface area contributed by atoms with Crippen molar-refractivity contribution >= 4 is 17.9 Å². The van der Waals surface area contributed by atoms with E-state index in [1.807, 2.05) is 0 Å². The van der Waals surface area contributed by atoms with Crippen molar-refractivity contribution in [3.63, 3.8) is 0 Å². The van der Waals surface area contributed by atoms with Crippen LogP contribution in [0.4, 0.5) is 4.79 Å². The summed E-state index contributed by atoms with van der Waals surface area (Å²) in [4.78, 5) is 34.4. The number of aliphatic carboxylic acids is 1. The van der Waals surface area contributed by atoms with Gasteiger partial charge in [-0.25, -0.2) is 9.59 Å². The Morgan fingerprint density at radius 1 is 1.29 bits per heavy atom. The van der Waals surface area contributed by atoms with E-state index in [4.69, 9.17) is 5.11 Å². The minimum atomic E-state index is -0.973. The Hall–Kier alpha value is -1.79. The number of urea groups is 1. The summed E-state index contributed by atoms with van der Waals surface area (Å²) in [5.74, 6) is -1.14. The summed E-state index contributed by atoms with van der Waals surface area (Å²) in [5, 5.41) is 14.0. The standard InChI is InChI=1S/C10H17N3O4/c1-7(14)11-4-5-12-10(17)13-6-2-3-8(13)9(15)16/h8H,2-6H2,1H3,(H,11,14)(H,12,17)(H,15,16)/t8-/m1/s1. The molecule has 0 radical (unpaired) electrons. The van der Waals surface area contributed by atoms with E-state index in [0.717, 1.165) is 0 Å². The van der Waals surface area contributed by atoms with Crippen LogP contribution >= 0.6 is 0 Å². The van der Waals surface area contributed by atoms with Gasteiger partial charge in [0.15, 0.2) is 0 Å². The summed E-state index contributed by atoms with van der Waals surface area (Å²) >= 11 is 0. The minimum absolute atomic E-state index is 0.163. The molecule has 1 fully saturated rings. The zero-order valence-corrected chi connectivity index (χ0v) is 9.73. The number of nitrogens with zero attached hydrogens (tertiary/aromatic N) is 1. The highest BCUT2D eigenvalue weighted by Gasteiger charge is 2.33. The Morgan fingerprint density at radius 2 is 1.94 bits per heavy atom. The predicted molar refractivity (Wildman–Crippen MR) is 59.4 cm³/mol. The SMILES string of the molecule is CC(=O)NCCNC(=O)N1CCC[C@@H]1C(=O)O. The molecule has 3 N–H and O–H groups in total. The van der Waals surface area contributed by atoms with E-state index in [1.165, 1.54) is 11.8 Å². The minimum Gasteiger partial charge on any atom is -0.480 e. The number of hydrogen-bond acceptors (Lipinski definition) is 3. The van der Waals surface area contributed by atoms with Crippen molar-refractivity contribution in [2.45, 2.75) is 25.8 Å². The number of carbonyl (C=O) groups is 3. The monoisotopic (exact) mass is 243 g/mol. The van der Waals surface area contributed by atoms with E-state index in [1.54, 1.807) is 0 Å². The number of rotatable bonds is 4. The molecular weight excluding hydrogens is 226 g/mol. The van der Waals surface area contributed by atoms with Crippen LogP contribution in [-0.2, 0) is 9.59 Å².